The Kier molecular flexibility index (Phi) is 6.23. The molecule has 1 aromatic carbocycles. The Morgan fingerprint density at radius 2 is 1.43 bits per heavy atom. The fraction of sp³-hybridized carbons (Fsp3) is 0.647. The molecule has 0 fully saturated rings. The number of hydrogen-bond donors (Lipinski definition) is 1. The average molecular weight is 347 g/mol. The molecule has 0 spiro atoms. The number of aryl methyl sites for hydroxylation is 1. The highest BCUT2D eigenvalue weighted by Gasteiger charge is 2.26. The van der Waals surface area contributed by atoms with Gasteiger partial charge in [0.25, 0.3) is 0 Å². The molecule has 1 aromatic rings. The second-order valence-corrected chi connectivity index (χ2v) is 12.2. The number of benzene rings is 1. The number of rotatable bonds is 4. The van der Waals surface area contributed by atoms with Crippen molar-refractivity contribution in [3.8, 4) is 5.75 Å². The molecule has 0 aliphatic heterocycles. The largest absolute Gasteiger partial charge is 0.507 e. The van der Waals surface area contributed by atoms with Crippen LogP contribution in [0.1, 0.15) is 58.2 Å². The molecule has 120 valence electrons. The number of halogens is 2. The van der Waals surface area contributed by atoms with Crippen LogP contribution in [-0.4, -0.2) is 19.1 Å². The summed E-state index contributed by atoms with van der Waals surface area (Å²) >= 11 is 11.7. The molecule has 0 aliphatic rings. The van der Waals surface area contributed by atoms with Gasteiger partial charge in [-0.2, -0.15) is 0 Å². The molecule has 0 radical (unpaired) electrons. The molecule has 0 saturated heterocycles. The smallest absolute Gasteiger partial charge is 0.123 e. The second kappa shape index (κ2) is 6.93. The number of alkyl halides is 2. The monoisotopic (exact) mass is 346 g/mol. The average Bonchev–Trinajstić information content (AvgIpc) is 2.27. The third-order valence-electron chi connectivity index (χ3n) is 3.67. The SMILES string of the molecule is CC(C)(C)c1cc(CC[SiH2]C(Cl)Cl)cc(C(C)(C)C)c1O. The third kappa shape index (κ3) is 5.50. The molecule has 0 aromatic heterocycles. The van der Waals surface area contributed by atoms with Crippen LogP contribution < -0.4 is 0 Å². The molecule has 21 heavy (non-hydrogen) atoms. The molecule has 0 atom stereocenters. The zero-order valence-electron chi connectivity index (χ0n) is 14.1. The first kappa shape index (κ1) is 18.9. The van der Waals surface area contributed by atoms with Crippen LogP contribution in [0, 0.1) is 0 Å². The summed E-state index contributed by atoms with van der Waals surface area (Å²) < 4.78 is -0.161. The lowest BCUT2D eigenvalue weighted by Gasteiger charge is -2.28. The number of aromatic hydroxyl groups is 1. The van der Waals surface area contributed by atoms with E-state index in [1.807, 2.05) is 0 Å². The minimum atomic E-state index is -0.432. The molecule has 0 heterocycles. The Morgan fingerprint density at radius 3 is 1.76 bits per heavy atom. The highest BCUT2D eigenvalue weighted by Crippen LogP contribution is 2.39. The summed E-state index contributed by atoms with van der Waals surface area (Å²) in [4.78, 5) is 0. The lowest BCUT2D eigenvalue weighted by Crippen LogP contribution is -2.18. The fourth-order valence-electron chi connectivity index (χ4n) is 2.44. The molecule has 0 aliphatic carbocycles. The van der Waals surface area contributed by atoms with E-state index in [0.29, 0.717) is 5.75 Å². The van der Waals surface area contributed by atoms with Crippen LogP contribution in [0.3, 0.4) is 0 Å². The van der Waals surface area contributed by atoms with Gasteiger partial charge in [0.05, 0.1) is 14.0 Å². The van der Waals surface area contributed by atoms with Crippen LogP contribution in [0.2, 0.25) is 6.04 Å². The number of phenols is 1. The van der Waals surface area contributed by atoms with Crippen LogP contribution in [0.4, 0.5) is 0 Å². The van der Waals surface area contributed by atoms with Gasteiger partial charge in [0.2, 0.25) is 0 Å². The van der Waals surface area contributed by atoms with Crippen LogP contribution in [0.5, 0.6) is 5.75 Å². The summed E-state index contributed by atoms with van der Waals surface area (Å²) in [6, 6.07) is 5.39. The summed E-state index contributed by atoms with van der Waals surface area (Å²) in [7, 11) is -0.432. The highest BCUT2D eigenvalue weighted by molar-refractivity contribution is 6.68. The topological polar surface area (TPSA) is 20.2 Å². The van der Waals surface area contributed by atoms with Crippen LogP contribution in [0.15, 0.2) is 12.1 Å². The van der Waals surface area contributed by atoms with Gasteiger partial charge in [0.1, 0.15) is 5.75 Å². The lowest BCUT2D eigenvalue weighted by molar-refractivity contribution is 0.422. The van der Waals surface area contributed by atoms with Gasteiger partial charge in [-0.3, -0.25) is 0 Å². The van der Waals surface area contributed by atoms with E-state index < -0.39 is 9.52 Å². The van der Waals surface area contributed by atoms with Gasteiger partial charge in [0.15, 0.2) is 0 Å². The summed E-state index contributed by atoms with van der Waals surface area (Å²) in [5.41, 5.74) is 3.20. The maximum atomic E-state index is 10.7. The van der Waals surface area contributed by atoms with E-state index in [4.69, 9.17) is 23.2 Å². The fourth-order valence-corrected chi connectivity index (χ4v) is 4.29. The summed E-state index contributed by atoms with van der Waals surface area (Å²) in [6.07, 6.45) is 0.995. The van der Waals surface area contributed by atoms with E-state index >= 15 is 0 Å². The van der Waals surface area contributed by atoms with E-state index in [2.05, 4.69) is 53.7 Å². The molecule has 1 N–H and O–H groups in total. The zero-order valence-corrected chi connectivity index (χ0v) is 17.0. The lowest BCUT2D eigenvalue weighted by atomic mass is 9.78. The van der Waals surface area contributed by atoms with Gasteiger partial charge in [-0.1, -0.05) is 59.7 Å². The van der Waals surface area contributed by atoms with Crippen molar-refractivity contribution in [2.75, 3.05) is 0 Å². The predicted octanol–water partition coefficient (Wildman–Crippen LogP) is 4.88. The summed E-state index contributed by atoms with van der Waals surface area (Å²) in [6.45, 7) is 12.8. The second-order valence-electron chi connectivity index (χ2n) is 7.82. The van der Waals surface area contributed by atoms with E-state index in [9.17, 15) is 5.11 Å². The van der Waals surface area contributed by atoms with Crippen LogP contribution in [-0.2, 0) is 17.3 Å². The quantitative estimate of drug-likeness (QED) is 0.608. The molecular weight excluding hydrogens is 319 g/mol. The maximum Gasteiger partial charge on any atom is 0.123 e. The summed E-state index contributed by atoms with van der Waals surface area (Å²) in [5, 5.41) is 10.7. The van der Waals surface area contributed by atoms with Crippen molar-refractivity contribution in [1.29, 1.82) is 0 Å². The van der Waals surface area contributed by atoms with Crippen LogP contribution >= 0.6 is 23.2 Å². The van der Waals surface area contributed by atoms with Gasteiger partial charge < -0.3 is 5.11 Å². The van der Waals surface area contributed by atoms with Crippen molar-refractivity contribution < 1.29 is 5.11 Å². The van der Waals surface area contributed by atoms with Crippen molar-refractivity contribution in [1.82, 2.24) is 0 Å². The Labute approximate surface area is 141 Å². The first-order valence-electron chi connectivity index (χ1n) is 7.58. The minimum absolute atomic E-state index is 0.0704. The summed E-state index contributed by atoms with van der Waals surface area (Å²) in [5.74, 6) is 0.448. The predicted molar refractivity (Wildman–Crippen MR) is 98.1 cm³/mol. The van der Waals surface area contributed by atoms with E-state index in [1.54, 1.807) is 0 Å². The van der Waals surface area contributed by atoms with Crippen molar-refractivity contribution in [3.63, 3.8) is 0 Å². The zero-order chi connectivity index (χ0) is 16.4. The van der Waals surface area contributed by atoms with Gasteiger partial charge in [-0.05, 0) is 33.9 Å². The first-order chi connectivity index (χ1) is 9.43. The number of hydrogen-bond acceptors (Lipinski definition) is 1. The van der Waals surface area contributed by atoms with Crippen molar-refractivity contribution >= 4 is 32.7 Å². The first-order valence-corrected chi connectivity index (χ1v) is 10.3. The molecular formula is C17H28Cl2OSi. The van der Waals surface area contributed by atoms with Crippen LogP contribution in [0.25, 0.3) is 0 Å². The molecule has 0 unspecified atom stereocenters. The van der Waals surface area contributed by atoms with Gasteiger partial charge in [0, 0.05) is 0 Å². The van der Waals surface area contributed by atoms with Gasteiger partial charge >= 0.3 is 0 Å². The normalized spacial score (nSPS) is 13.6. The maximum absolute atomic E-state index is 10.7. The van der Waals surface area contributed by atoms with Crippen molar-refractivity contribution in [3.05, 3.63) is 28.8 Å². The third-order valence-corrected chi connectivity index (χ3v) is 6.18. The molecule has 0 amide bonds. The molecule has 1 nitrogen and oxygen atoms in total. The molecule has 1 rings (SSSR count). The van der Waals surface area contributed by atoms with E-state index in [1.165, 1.54) is 5.56 Å². The van der Waals surface area contributed by atoms with Crippen molar-refractivity contribution in [2.45, 2.75) is 69.3 Å². The Bertz CT molecular complexity index is 450. The van der Waals surface area contributed by atoms with Crippen molar-refractivity contribution in [2.24, 2.45) is 0 Å². The molecule has 4 heteroatoms. The Morgan fingerprint density at radius 1 is 1.00 bits per heavy atom. The molecule has 0 bridgehead atoms. The van der Waals surface area contributed by atoms with E-state index in [0.717, 1.165) is 23.6 Å². The number of phenolic OH excluding ortho intramolecular Hbond substituents is 1. The minimum Gasteiger partial charge on any atom is -0.507 e. The van der Waals surface area contributed by atoms with Gasteiger partial charge in [-0.25, -0.2) is 0 Å². The highest BCUT2D eigenvalue weighted by atomic mass is 35.5. The standard InChI is InChI=1S/C17H28Cl2OSi/c1-16(2,3)12-9-11(7-8-21-15(18)19)10-13(14(12)20)17(4,5)6/h9-10,15,20H,7-8,21H2,1-6H3. The Balaban J connectivity index is 3.21. The molecule has 0 saturated carbocycles. The van der Waals surface area contributed by atoms with Gasteiger partial charge in [-0.15, -0.1) is 23.2 Å². The van der Waals surface area contributed by atoms with E-state index in [-0.39, 0.29) is 15.3 Å². The Hall–Kier alpha value is -0.183.